The Morgan fingerprint density at radius 3 is 2.58 bits per heavy atom. The lowest BCUT2D eigenvalue weighted by atomic mass is 9.95. The minimum Gasteiger partial charge on any atom is -0.463 e. The van der Waals surface area contributed by atoms with E-state index in [0.717, 1.165) is 12.2 Å². The predicted octanol–water partition coefficient (Wildman–Crippen LogP) is 1.95. The average molecular weight is 336 g/mol. The summed E-state index contributed by atoms with van der Waals surface area (Å²) >= 11 is 0. The smallest absolute Gasteiger partial charge is 0.223 e. The quantitative estimate of drug-likeness (QED) is 0.832. The molecule has 1 unspecified atom stereocenters. The summed E-state index contributed by atoms with van der Waals surface area (Å²) in [6.45, 7) is 6.79. The SMILES string of the molecule is CCCC(=O)N1CCC(C(=O)NCC(C)(O)c2ccc(C)o2)CC1. The molecular weight excluding hydrogens is 308 g/mol. The van der Waals surface area contributed by atoms with Crippen LogP contribution in [0.1, 0.15) is 51.1 Å². The molecule has 0 bridgehead atoms. The third-order valence-corrected chi connectivity index (χ3v) is 4.56. The Hall–Kier alpha value is -1.82. The Labute approximate surface area is 143 Å². The summed E-state index contributed by atoms with van der Waals surface area (Å²) < 4.78 is 5.44. The van der Waals surface area contributed by atoms with Gasteiger partial charge in [-0.25, -0.2) is 0 Å². The first-order valence-electron chi connectivity index (χ1n) is 8.68. The summed E-state index contributed by atoms with van der Waals surface area (Å²) in [6, 6.07) is 3.51. The first-order valence-corrected chi connectivity index (χ1v) is 8.68. The summed E-state index contributed by atoms with van der Waals surface area (Å²) in [5.41, 5.74) is -1.23. The van der Waals surface area contributed by atoms with E-state index in [1.807, 2.05) is 18.7 Å². The maximum Gasteiger partial charge on any atom is 0.223 e. The number of piperidine rings is 1. The zero-order chi connectivity index (χ0) is 17.7. The van der Waals surface area contributed by atoms with Crippen LogP contribution in [0.15, 0.2) is 16.5 Å². The van der Waals surface area contributed by atoms with Crippen molar-refractivity contribution in [1.29, 1.82) is 0 Å². The van der Waals surface area contributed by atoms with Crippen LogP contribution in [0, 0.1) is 12.8 Å². The van der Waals surface area contributed by atoms with Gasteiger partial charge in [-0.1, -0.05) is 6.92 Å². The number of nitrogens with one attached hydrogen (secondary N) is 1. The summed E-state index contributed by atoms with van der Waals surface area (Å²) in [5.74, 6) is 1.17. The molecule has 2 rings (SSSR count). The number of amides is 2. The number of likely N-dealkylation sites (tertiary alicyclic amines) is 1. The van der Waals surface area contributed by atoms with Crippen molar-refractivity contribution >= 4 is 11.8 Å². The Balaban J connectivity index is 1.80. The number of carbonyl (C=O) groups is 2. The van der Waals surface area contributed by atoms with Gasteiger partial charge in [-0.3, -0.25) is 9.59 Å². The van der Waals surface area contributed by atoms with Crippen molar-refractivity contribution in [3.8, 4) is 0 Å². The first-order chi connectivity index (χ1) is 11.3. The van der Waals surface area contributed by atoms with Crippen LogP contribution < -0.4 is 5.32 Å². The van der Waals surface area contributed by atoms with Gasteiger partial charge in [0.25, 0.3) is 0 Å². The Bertz CT molecular complexity index is 571. The minimum atomic E-state index is -1.23. The van der Waals surface area contributed by atoms with Crippen LogP contribution in [0.25, 0.3) is 0 Å². The highest BCUT2D eigenvalue weighted by Crippen LogP contribution is 2.23. The number of furan rings is 1. The van der Waals surface area contributed by atoms with Gasteiger partial charge in [0.1, 0.15) is 17.1 Å². The van der Waals surface area contributed by atoms with Gasteiger partial charge in [-0.05, 0) is 45.2 Å². The lowest BCUT2D eigenvalue weighted by Gasteiger charge is -2.32. The van der Waals surface area contributed by atoms with Crippen LogP contribution in [0.2, 0.25) is 0 Å². The molecule has 1 aromatic rings. The fourth-order valence-electron chi connectivity index (χ4n) is 2.98. The second-order valence-corrected chi connectivity index (χ2v) is 6.81. The molecule has 2 N–H and O–H groups in total. The number of aryl methyl sites for hydroxylation is 1. The summed E-state index contributed by atoms with van der Waals surface area (Å²) in [7, 11) is 0. The molecule has 6 heteroatoms. The standard InChI is InChI=1S/C18H28N2O4/c1-4-5-16(21)20-10-8-14(9-11-20)17(22)19-12-18(3,23)15-7-6-13(2)24-15/h6-7,14,23H,4-5,8-12H2,1-3H3,(H,19,22). The van der Waals surface area contributed by atoms with E-state index in [4.69, 9.17) is 4.42 Å². The van der Waals surface area contributed by atoms with E-state index in [9.17, 15) is 14.7 Å². The Morgan fingerprint density at radius 2 is 2.04 bits per heavy atom. The van der Waals surface area contributed by atoms with Crippen LogP contribution in [-0.2, 0) is 15.2 Å². The van der Waals surface area contributed by atoms with E-state index in [2.05, 4.69) is 5.32 Å². The highest BCUT2D eigenvalue weighted by atomic mass is 16.4. The fraction of sp³-hybridized carbons (Fsp3) is 0.667. The average Bonchev–Trinajstić information content (AvgIpc) is 3.00. The topological polar surface area (TPSA) is 82.8 Å². The lowest BCUT2D eigenvalue weighted by Crippen LogP contribution is -2.45. The van der Waals surface area contributed by atoms with Gasteiger partial charge < -0.3 is 19.7 Å². The van der Waals surface area contributed by atoms with Crippen LogP contribution in [0.3, 0.4) is 0 Å². The molecule has 1 aliphatic rings. The van der Waals surface area contributed by atoms with Gasteiger partial charge in [0.05, 0.1) is 6.54 Å². The lowest BCUT2D eigenvalue weighted by molar-refractivity contribution is -0.136. The number of rotatable bonds is 6. The normalized spacial score (nSPS) is 18.2. The molecule has 1 fully saturated rings. The Kier molecular flexibility index (Phi) is 6.04. The van der Waals surface area contributed by atoms with Gasteiger partial charge in [0, 0.05) is 25.4 Å². The molecule has 2 amide bonds. The molecule has 0 radical (unpaired) electrons. The molecule has 134 valence electrons. The van der Waals surface area contributed by atoms with Gasteiger partial charge in [0.15, 0.2) is 0 Å². The molecule has 1 aromatic heterocycles. The maximum absolute atomic E-state index is 12.3. The minimum absolute atomic E-state index is 0.0684. The highest BCUT2D eigenvalue weighted by Gasteiger charge is 2.31. The first kappa shape index (κ1) is 18.5. The van der Waals surface area contributed by atoms with E-state index < -0.39 is 5.60 Å². The summed E-state index contributed by atoms with van der Waals surface area (Å²) in [5, 5.41) is 13.3. The molecule has 0 aliphatic carbocycles. The van der Waals surface area contributed by atoms with Crippen molar-refractivity contribution in [3.63, 3.8) is 0 Å². The number of nitrogens with zero attached hydrogens (tertiary/aromatic N) is 1. The zero-order valence-electron chi connectivity index (χ0n) is 14.8. The molecule has 0 saturated carbocycles. The van der Waals surface area contributed by atoms with E-state index >= 15 is 0 Å². The van der Waals surface area contributed by atoms with E-state index in [-0.39, 0.29) is 24.3 Å². The molecule has 24 heavy (non-hydrogen) atoms. The summed E-state index contributed by atoms with van der Waals surface area (Å²) in [4.78, 5) is 26.0. The molecule has 0 aromatic carbocycles. The number of carbonyl (C=O) groups excluding carboxylic acids is 2. The van der Waals surface area contributed by atoms with Gasteiger partial charge in [-0.15, -0.1) is 0 Å². The fourth-order valence-corrected chi connectivity index (χ4v) is 2.98. The van der Waals surface area contributed by atoms with E-state index in [0.29, 0.717) is 38.1 Å². The molecule has 6 nitrogen and oxygen atoms in total. The van der Waals surface area contributed by atoms with Crippen LogP contribution in [0.5, 0.6) is 0 Å². The summed E-state index contributed by atoms with van der Waals surface area (Å²) in [6.07, 6.45) is 2.76. The van der Waals surface area contributed by atoms with E-state index in [1.165, 1.54) is 0 Å². The second kappa shape index (κ2) is 7.83. The number of hydrogen-bond acceptors (Lipinski definition) is 4. The zero-order valence-corrected chi connectivity index (χ0v) is 14.8. The second-order valence-electron chi connectivity index (χ2n) is 6.81. The van der Waals surface area contributed by atoms with Gasteiger partial charge in [0.2, 0.25) is 11.8 Å². The molecule has 1 aliphatic heterocycles. The van der Waals surface area contributed by atoms with Crippen LogP contribution in [-0.4, -0.2) is 41.5 Å². The van der Waals surface area contributed by atoms with Crippen LogP contribution in [0.4, 0.5) is 0 Å². The molecule has 0 spiro atoms. The van der Waals surface area contributed by atoms with E-state index in [1.54, 1.807) is 19.1 Å². The van der Waals surface area contributed by atoms with Gasteiger partial charge in [-0.2, -0.15) is 0 Å². The molecular formula is C18H28N2O4. The predicted molar refractivity (Wildman–Crippen MR) is 90.2 cm³/mol. The van der Waals surface area contributed by atoms with Crippen molar-refractivity contribution in [2.45, 2.75) is 52.1 Å². The number of hydrogen-bond donors (Lipinski definition) is 2. The van der Waals surface area contributed by atoms with Crippen molar-refractivity contribution in [3.05, 3.63) is 23.7 Å². The maximum atomic E-state index is 12.3. The third-order valence-electron chi connectivity index (χ3n) is 4.56. The van der Waals surface area contributed by atoms with Gasteiger partial charge >= 0.3 is 0 Å². The monoisotopic (exact) mass is 336 g/mol. The van der Waals surface area contributed by atoms with Crippen LogP contribution >= 0.6 is 0 Å². The highest BCUT2D eigenvalue weighted by molar-refractivity contribution is 5.80. The number of aliphatic hydroxyl groups is 1. The largest absolute Gasteiger partial charge is 0.463 e. The van der Waals surface area contributed by atoms with Crippen molar-refractivity contribution in [1.82, 2.24) is 10.2 Å². The third kappa shape index (κ3) is 4.60. The van der Waals surface area contributed by atoms with Crippen molar-refractivity contribution in [2.75, 3.05) is 19.6 Å². The molecule has 2 heterocycles. The molecule has 1 saturated heterocycles. The van der Waals surface area contributed by atoms with Crippen molar-refractivity contribution < 1.29 is 19.1 Å². The Morgan fingerprint density at radius 1 is 1.38 bits per heavy atom. The van der Waals surface area contributed by atoms with Crippen molar-refractivity contribution in [2.24, 2.45) is 5.92 Å². The molecule has 1 atom stereocenters.